The molecule has 3 aromatic carbocycles. The van der Waals surface area contributed by atoms with Gasteiger partial charge in [-0.25, -0.2) is 9.78 Å². The van der Waals surface area contributed by atoms with Crippen LogP contribution >= 0.6 is 23.1 Å². The summed E-state index contributed by atoms with van der Waals surface area (Å²) in [7, 11) is 0. The van der Waals surface area contributed by atoms with E-state index in [0.29, 0.717) is 33.2 Å². The number of benzene rings is 3. The summed E-state index contributed by atoms with van der Waals surface area (Å²) in [6, 6.07) is 19.1. The van der Waals surface area contributed by atoms with Crippen molar-refractivity contribution >= 4 is 51.5 Å². The number of thioether (sulfide) groups is 1. The molecule has 0 saturated carbocycles. The van der Waals surface area contributed by atoms with Gasteiger partial charge in [-0.1, -0.05) is 36.0 Å². The van der Waals surface area contributed by atoms with Crippen LogP contribution < -0.4 is 10.6 Å². The molecule has 37 heavy (non-hydrogen) atoms. The summed E-state index contributed by atoms with van der Waals surface area (Å²) >= 11 is 1.74. The van der Waals surface area contributed by atoms with Crippen molar-refractivity contribution in [3.05, 3.63) is 88.8 Å². The van der Waals surface area contributed by atoms with E-state index in [1.54, 1.807) is 48.5 Å². The quantitative estimate of drug-likeness (QED) is 0.172. The molecular weight excluding hydrogens is 516 g/mol. The highest BCUT2D eigenvalue weighted by molar-refractivity contribution is 7.99. The molecule has 6 nitrogen and oxygen atoms in total. The van der Waals surface area contributed by atoms with Gasteiger partial charge in [0.2, 0.25) is 0 Å². The van der Waals surface area contributed by atoms with Gasteiger partial charge in [0.05, 0.1) is 16.9 Å². The van der Waals surface area contributed by atoms with E-state index in [2.05, 4.69) is 15.6 Å². The summed E-state index contributed by atoms with van der Waals surface area (Å²) in [4.78, 5) is 30.0. The molecule has 1 aromatic heterocycles. The molecule has 10 heteroatoms. The van der Waals surface area contributed by atoms with Crippen LogP contribution in [0.5, 0.6) is 0 Å². The van der Waals surface area contributed by atoms with Gasteiger partial charge < -0.3 is 10.1 Å². The van der Waals surface area contributed by atoms with Gasteiger partial charge in [0.1, 0.15) is 0 Å². The van der Waals surface area contributed by atoms with Crippen LogP contribution in [0.4, 0.5) is 25.3 Å². The lowest BCUT2D eigenvalue weighted by atomic mass is 10.1. The van der Waals surface area contributed by atoms with Gasteiger partial charge in [0, 0.05) is 21.5 Å². The van der Waals surface area contributed by atoms with E-state index in [4.69, 9.17) is 4.74 Å². The van der Waals surface area contributed by atoms with Crippen LogP contribution in [0.25, 0.3) is 11.3 Å². The Labute approximate surface area is 221 Å². The lowest BCUT2D eigenvalue weighted by Crippen LogP contribution is -2.21. The number of thiazole rings is 1. The van der Waals surface area contributed by atoms with Gasteiger partial charge in [-0.05, 0) is 67.4 Å². The van der Waals surface area contributed by atoms with Crippen LogP contribution in [0, 0.1) is 13.8 Å². The van der Waals surface area contributed by atoms with Crippen LogP contribution in [0.3, 0.4) is 0 Å². The van der Waals surface area contributed by atoms with Crippen molar-refractivity contribution < 1.29 is 23.1 Å². The molecule has 0 spiro atoms. The predicted octanol–water partition coefficient (Wildman–Crippen LogP) is 7.28. The van der Waals surface area contributed by atoms with E-state index >= 15 is 0 Å². The third kappa shape index (κ3) is 7.14. The van der Waals surface area contributed by atoms with Crippen LogP contribution in [0.1, 0.15) is 21.5 Å². The van der Waals surface area contributed by atoms with Crippen molar-refractivity contribution in [3.63, 3.8) is 0 Å². The second kappa shape index (κ2) is 12.0. The Balaban J connectivity index is 1.34. The van der Waals surface area contributed by atoms with Crippen LogP contribution in [-0.4, -0.2) is 29.2 Å². The monoisotopic (exact) mass is 539 g/mol. The number of rotatable bonds is 9. The number of aryl methyl sites for hydroxylation is 2. The zero-order valence-corrected chi connectivity index (χ0v) is 21.6. The van der Waals surface area contributed by atoms with Crippen molar-refractivity contribution in [2.45, 2.75) is 24.5 Å². The number of aromatic nitrogens is 1. The van der Waals surface area contributed by atoms with E-state index < -0.39 is 24.2 Å². The maximum absolute atomic E-state index is 12.7. The Morgan fingerprint density at radius 1 is 1.03 bits per heavy atom. The van der Waals surface area contributed by atoms with E-state index in [-0.39, 0.29) is 5.56 Å². The summed E-state index contributed by atoms with van der Waals surface area (Å²) in [5.74, 6) is -3.69. The molecule has 0 atom stereocenters. The zero-order chi connectivity index (χ0) is 26.4. The van der Waals surface area contributed by atoms with Gasteiger partial charge in [0.15, 0.2) is 11.7 Å². The topological polar surface area (TPSA) is 80.3 Å². The number of carbonyl (C=O) groups is 2. The van der Waals surface area contributed by atoms with Crippen LogP contribution in [0.15, 0.2) is 77.0 Å². The predicted molar refractivity (Wildman–Crippen MR) is 144 cm³/mol. The number of alkyl halides is 2. The first-order valence-electron chi connectivity index (χ1n) is 11.2. The van der Waals surface area contributed by atoms with Crippen LogP contribution in [0.2, 0.25) is 0 Å². The Bertz CT molecular complexity index is 1410. The van der Waals surface area contributed by atoms with Crippen molar-refractivity contribution in [1.82, 2.24) is 4.98 Å². The lowest BCUT2D eigenvalue weighted by Gasteiger charge is -2.12. The standard InChI is InChI=1S/C27H23F2N3O3S2/c1-16-7-8-18(13-17(16)2)23-15-36-27(31-23)32-24(33)14-35-25(34)21-5-3-4-6-22(21)30-19-9-11-20(12-10-19)37-26(28)29/h3-13,15,26,30H,14H2,1-2H3,(H,31,32,33). The van der Waals surface area contributed by atoms with Gasteiger partial charge in [-0.15, -0.1) is 11.3 Å². The largest absolute Gasteiger partial charge is 0.452 e. The van der Waals surface area contributed by atoms with Gasteiger partial charge in [-0.2, -0.15) is 8.78 Å². The third-order valence-electron chi connectivity index (χ3n) is 5.39. The van der Waals surface area contributed by atoms with Gasteiger partial charge >= 0.3 is 5.97 Å². The van der Waals surface area contributed by atoms with E-state index in [9.17, 15) is 18.4 Å². The van der Waals surface area contributed by atoms with Crippen molar-refractivity contribution in [3.8, 4) is 11.3 Å². The molecule has 0 aliphatic heterocycles. The molecule has 1 heterocycles. The smallest absolute Gasteiger partial charge is 0.340 e. The summed E-state index contributed by atoms with van der Waals surface area (Å²) < 4.78 is 30.3. The number of halogens is 2. The lowest BCUT2D eigenvalue weighted by molar-refractivity contribution is -0.119. The average molecular weight is 540 g/mol. The normalized spacial score (nSPS) is 10.8. The first-order valence-corrected chi connectivity index (χ1v) is 13.0. The summed E-state index contributed by atoms with van der Waals surface area (Å²) in [5.41, 5.74) is 5.35. The average Bonchev–Trinajstić information content (AvgIpc) is 3.34. The summed E-state index contributed by atoms with van der Waals surface area (Å²) in [5, 5.41) is 8.00. The molecule has 0 unspecified atom stereocenters. The number of hydrogen-bond acceptors (Lipinski definition) is 7. The number of anilines is 3. The fourth-order valence-corrected chi connectivity index (χ4v) is 4.61. The van der Waals surface area contributed by atoms with E-state index in [1.807, 2.05) is 37.4 Å². The van der Waals surface area contributed by atoms with Crippen molar-refractivity contribution in [1.29, 1.82) is 0 Å². The minimum Gasteiger partial charge on any atom is -0.452 e. The first kappa shape index (κ1) is 26.3. The maximum atomic E-state index is 12.7. The highest BCUT2D eigenvalue weighted by Gasteiger charge is 2.16. The molecule has 0 aliphatic rings. The number of carbonyl (C=O) groups excluding carboxylic acids is 2. The molecule has 190 valence electrons. The molecule has 1 amide bonds. The maximum Gasteiger partial charge on any atom is 0.340 e. The second-order valence-electron chi connectivity index (χ2n) is 8.03. The SMILES string of the molecule is Cc1ccc(-c2csc(NC(=O)COC(=O)c3ccccc3Nc3ccc(SC(F)F)cc3)n2)cc1C. The Morgan fingerprint density at radius 3 is 2.51 bits per heavy atom. The van der Waals surface area contributed by atoms with Crippen molar-refractivity contribution in [2.24, 2.45) is 0 Å². The minimum absolute atomic E-state index is 0.229. The van der Waals surface area contributed by atoms with Crippen molar-refractivity contribution in [2.75, 3.05) is 17.2 Å². The van der Waals surface area contributed by atoms with E-state index in [0.717, 1.165) is 16.8 Å². The number of nitrogens with zero attached hydrogens (tertiary/aromatic N) is 1. The third-order valence-corrected chi connectivity index (χ3v) is 6.87. The fourth-order valence-electron chi connectivity index (χ4n) is 3.37. The number of esters is 1. The van der Waals surface area contributed by atoms with Gasteiger partial charge in [-0.3, -0.25) is 10.1 Å². The molecular formula is C27H23F2N3O3S2. The minimum atomic E-state index is -2.50. The molecule has 0 saturated heterocycles. The molecule has 0 bridgehead atoms. The Hall–Kier alpha value is -3.76. The van der Waals surface area contributed by atoms with Gasteiger partial charge in [0.25, 0.3) is 11.7 Å². The zero-order valence-electron chi connectivity index (χ0n) is 20.0. The number of hydrogen-bond donors (Lipinski definition) is 2. The highest BCUT2D eigenvalue weighted by atomic mass is 32.2. The Morgan fingerprint density at radius 2 is 1.78 bits per heavy atom. The summed E-state index contributed by atoms with van der Waals surface area (Å²) in [6.07, 6.45) is 0. The molecule has 0 fully saturated rings. The Kier molecular flexibility index (Phi) is 8.52. The summed E-state index contributed by atoms with van der Waals surface area (Å²) in [6.45, 7) is 3.59. The second-order valence-corrected chi connectivity index (χ2v) is 9.96. The number of para-hydroxylation sites is 1. The molecule has 0 aliphatic carbocycles. The number of ether oxygens (including phenoxy) is 1. The molecule has 0 radical (unpaired) electrons. The molecule has 4 rings (SSSR count). The molecule has 4 aromatic rings. The number of nitrogens with one attached hydrogen (secondary N) is 2. The fraction of sp³-hybridized carbons (Fsp3) is 0.148. The number of amides is 1. The molecule has 2 N–H and O–H groups in total. The first-order chi connectivity index (χ1) is 17.8. The highest BCUT2D eigenvalue weighted by Crippen LogP contribution is 2.29. The van der Waals surface area contributed by atoms with Crippen LogP contribution in [-0.2, 0) is 9.53 Å². The van der Waals surface area contributed by atoms with E-state index in [1.165, 1.54) is 16.9 Å².